The van der Waals surface area contributed by atoms with Gasteiger partial charge in [-0.15, -0.1) is 0 Å². The molecule has 1 aliphatic carbocycles. The van der Waals surface area contributed by atoms with Crippen molar-refractivity contribution in [2.75, 3.05) is 13.1 Å². The van der Waals surface area contributed by atoms with E-state index in [1.165, 1.54) is 0 Å². The van der Waals surface area contributed by atoms with E-state index in [1.54, 1.807) is 13.8 Å². The molecular formula is C12H22N4O2S. The number of sulfonamides is 1. The zero-order valence-electron chi connectivity index (χ0n) is 11.4. The van der Waals surface area contributed by atoms with Gasteiger partial charge < -0.3 is 5.73 Å². The summed E-state index contributed by atoms with van der Waals surface area (Å²) in [5, 5.41) is 6.63. The molecule has 0 radical (unpaired) electrons. The van der Waals surface area contributed by atoms with Crippen LogP contribution in [0.15, 0.2) is 4.90 Å². The van der Waals surface area contributed by atoms with Crippen LogP contribution in [0.3, 0.4) is 0 Å². The van der Waals surface area contributed by atoms with Gasteiger partial charge in [0.2, 0.25) is 10.0 Å². The van der Waals surface area contributed by atoms with Crippen LogP contribution in [0, 0.1) is 25.7 Å². The van der Waals surface area contributed by atoms with E-state index >= 15 is 0 Å². The summed E-state index contributed by atoms with van der Waals surface area (Å²) in [6.07, 6.45) is 3.29. The first-order valence-electron chi connectivity index (χ1n) is 6.67. The van der Waals surface area contributed by atoms with E-state index in [4.69, 9.17) is 5.73 Å². The van der Waals surface area contributed by atoms with Crippen molar-refractivity contribution in [3.63, 3.8) is 0 Å². The third-order valence-corrected chi connectivity index (χ3v) is 5.67. The minimum Gasteiger partial charge on any atom is -0.330 e. The molecule has 1 aromatic heterocycles. The maximum Gasteiger partial charge on any atom is 0.244 e. The van der Waals surface area contributed by atoms with E-state index in [1.807, 2.05) is 0 Å². The molecule has 2 atom stereocenters. The smallest absolute Gasteiger partial charge is 0.244 e. The molecule has 0 bridgehead atoms. The topological polar surface area (TPSA) is 101 Å². The summed E-state index contributed by atoms with van der Waals surface area (Å²) in [5.41, 5.74) is 6.80. The predicted octanol–water partition coefficient (Wildman–Crippen LogP) is 0.680. The average Bonchev–Trinajstić information content (AvgIpc) is 2.93. The van der Waals surface area contributed by atoms with Gasteiger partial charge in [-0.05, 0) is 45.1 Å². The summed E-state index contributed by atoms with van der Waals surface area (Å²) in [4.78, 5) is 0.273. The van der Waals surface area contributed by atoms with Crippen molar-refractivity contribution < 1.29 is 8.42 Å². The number of aromatic nitrogens is 2. The van der Waals surface area contributed by atoms with Crippen LogP contribution in [0.2, 0.25) is 0 Å². The Labute approximate surface area is 114 Å². The van der Waals surface area contributed by atoms with Crippen LogP contribution in [-0.4, -0.2) is 31.7 Å². The van der Waals surface area contributed by atoms with Crippen molar-refractivity contribution in [2.45, 2.75) is 38.0 Å². The lowest BCUT2D eigenvalue weighted by Crippen LogP contribution is -2.33. The third-order valence-electron chi connectivity index (χ3n) is 3.98. The molecule has 4 N–H and O–H groups in total. The van der Waals surface area contributed by atoms with E-state index in [9.17, 15) is 8.42 Å². The molecule has 1 heterocycles. The summed E-state index contributed by atoms with van der Waals surface area (Å²) >= 11 is 0. The first-order chi connectivity index (χ1) is 8.95. The Balaban J connectivity index is 2.06. The van der Waals surface area contributed by atoms with Crippen molar-refractivity contribution in [1.29, 1.82) is 0 Å². The Bertz CT molecular complexity index is 518. The summed E-state index contributed by atoms with van der Waals surface area (Å²) in [7, 11) is -3.48. The monoisotopic (exact) mass is 286 g/mol. The molecule has 6 nitrogen and oxygen atoms in total. The normalized spacial score (nSPS) is 23.9. The molecule has 0 aromatic carbocycles. The van der Waals surface area contributed by atoms with Gasteiger partial charge in [-0.3, -0.25) is 5.10 Å². The second-order valence-corrected chi connectivity index (χ2v) is 7.01. The second kappa shape index (κ2) is 5.60. The zero-order valence-corrected chi connectivity index (χ0v) is 12.3. The molecule has 0 spiro atoms. The first kappa shape index (κ1) is 14.5. The van der Waals surface area contributed by atoms with Crippen molar-refractivity contribution >= 4 is 10.0 Å². The first-order valence-corrected chi connectivity index (χ1v) is 8.15. The number of H-pyrrole nitrogens is 1. The second-order valence-electron chi connectivity index (χ2n) is 5.30. The highest BCUT2D eigenvalue weighted by Crippen LogP contribution is 2.30. The minimum atomic E-state index is -3.48. The number of aromatic amines is 1. The molecule has 1 aliphatic rings. The Morgan fingerprint density at radius 2 is 2.05 bits per heavy atom. The summed E-state index contributed by atoms with van der Waals surface area (Å²) in [5.74, 6) is 0.793. The van der Waals surface area contributed by atoms with Crippen LogP contribution in [0.1, 0.15) is 30.7 Å². The van der Waals surface area contributed by atoms with E-state index in [-0.39, 0.29) is 4.90 Å². The summed E-state index contributed by atoms with van der Waals surface area (Å²) in [6, 6.07) is 0. The Kier molecular flexibility index (Phi) is 4.27. The summed E-state index contributed by atoms with van der Waals surface area (Å²) < 4.78 is 27.3. The van der Waals surface area contributed by atoms with Crippen LogP contribution in [0.5, 0.6) is 0 Å². The maximum atomic E-state index is 12.3. The molecule has 108 valence electrons. The van der Waals surface area contributed by atoms with Crippen LogP contribution in [0.4, 0.5) is 0 Å². The van der Waals surface area contributed by atoms with Gasteiger partial charge in [0.05, 0.1) is 11.4 Å². The highest BCUT2D eigenvalue weighted by Gasteiger charge is 2.29. The van der Waals surface area contributed by atoms with E-state index < -0.39 is 10.0 Å². The number of nitrogens with zero attached hydrogens (tertiary/aromatic N) is 1. The van der Waals surface area contributed by atoms with Crippen molar-refractivity contribution in [1.82, 2.24) is 14.9 Å². The molecule has 2 rings (SSSR count). The number of nitrogens with two attached hydrogens (primary N) is 1. The quantitative estimate of drug-likeness (QED) is 0.741. The van der Waals surface area contributed by atoms with Gasteiger partial charge in [0.1, 0.15) is 4.90 Å². The van der Waals surface area contributed by atoms with Gasteiger partial charge in [0.15, 0.2) is 0 Å². The fourth-order valence-corrected chi connectivity index (χ4v) is 4.38. The third kappa shape index (κ3) is 2.98. The predicted molar refractivity (Wildman–Crippen MR) is 73.1 cm³/mol. The van der Waals surface area contributed by atoms with Crippen molar-refractivity contribution in [3.8, 4) is 0 Å². The summed E-state index contributed by atoms with van der Waals surface area (Å²) in [6.45, 7) is 4.51. The van der Waals surface area contributed by atoms with Crippen LogP contribution in [-0.2, 0) is 10.0 Å². The number of nitrogens with one attached hydrogen (secondary N) is 2. The van der Waals surface area contributed by atoms with Crippen molar-refractivity contribution in [2.24, 2.45) is 17.6 Å². The van der Waals surface area contributed by atoms with E-state index in [0.717, 1.165) is 19.3 Å². The molecule has 1 fully saturated rings. The van der Waals surface area contributed by atoms with Gasteiger partial charge in [0.25, 0.3) is 0 Å². The molecule has 2 unspecified atom stereocenters. The molecule has 19 heavy (non-hydrogen) atoms. The van der Waals surface area contributed by atoms with Gasteiger partial charge in [-0.2, -0.15) is 5.10 Å². The zero-order chi connectivity index (χ0) is 14.0. The van der Waals surface area contributed by atoms with Crippen LogP contribution >= 0.6 is 0 Å². The number of aryl methyl sites for hydroxylation is 2. The molecule has 7 heteroatoms. The van der Waals surface area contributed by atoms with Gasteiger partial charge in [0, 0.05) is 6.54 Å². The highest BCUT2D eigenvalue weighted by molar-refractivity contribution is 7.89. The Morgan fingerprint density at radius 1 is 1.37 bits per heavy atom. The number of rotatable bonds is 5. The number of hydrogen-bond donors (Lipinski definition) is 3. The van der Waals surface area contributed by atoms with Crippen LogP contribution < -0.4 is 10.5 Å². The molecule has 1 aromatic rings. The molecular weight excluding hydrogens is 264 g/mol. The lowest BCUT2D eigenvalue weighted by molar-refractivity contribution is 0.393. The van der Waals surface area contributed by atoms with Gasteiger partial charge >= 0.3 is 0 Å². The Hall–Kier alpha value is -0.920. The molecule has 1 saturated carbocycles. The van der Waals surface area contributed by atoms with Gasteiger partial charge in [-0.1, -0.05) is 6.42 Å². The van der Waals surface area contributed by atoms with Gasteiger partial charge in [-0.25, -0.2) is 13.1 Å². The fraction of sp³-hybridized carbons (Fsp3) is 0.750. The molecule has 0 saturated heterocycles. The lowest BCUT2D eigenvalue weighted by Gasteiger charge is -2.18. The van der Waals surface area contributed by atoms with Crippen molar-refractivity contribution in [3.05, 3.63) is 11.4 Å². The van der Waals surface area contributed by atoms with E-state index in [0.29, 0.717) is 36.3 Å². The van der Waals surface area contributed by atoms with E-state index in [2.05, 4.69) is 14.9 Å². The minimum absolute atomic E-state index is 0.273. The lowest BCUT2D eigenvalue weighted by atomic mass is 9.97. The maximum absolute atomic E-state index is 12.3. The fourth-order valence-electron chi connectivity index (χ4n) is 2.92. The molecule has 0 amide bonds. The SMILES string of the molecule is Cc1n[nH]c(C)c1S(=O)(=O)NCC1CCCC1CN. The molecule has 0 aliphatic heterocycles. The number of hydrogen-bond acceptors (Lipinski definition) is 4. The highest BCUT2D eigenvalue weighted by atomic mass is 32.2. The average molecular weight is 286 g/mol. The van der Waals surface area contributed by atoms with Crippen LogP contribution in [0.25, 0.3) is 0 Å². The Morgan fingerprint density at radius 3 is 2.63 bits per heavy atom. The standard InChI is InChI=1S/C12H22N4O2S/c1-8-12(9(2)16-15-8)19(17,18)14-7-11-5-3-4-10(11)6-13/h10-11,14H,3-7,13H2,1-2H3,(H,15,16). The largest absolute Gasteiger partial charge is 0.330 e.